The number of rotatable bonds is 5. The summed E-state index contributed by atoms with van der Waals surface area (Å²) in [5.74, 6) is 0.963. The highest BCUT2D eigenvalue weighted by molar-refractivity contribution is 5.76. The number of amidine groups is 1. The molecule has 1 saturated carbocycles. The molecule has 14 heavy (non-hydrogen) atoms. The van der Waals surface area contributed by atoms with E-state index in [2.05, 4.69) is 6.92 Å². The lowest BCUT2D eigenvalue weighted by Crippen LogP contribution is -2.28. The van der Waals surface area contributed by atoms with Gasteiger partial charge in [0, 0.05) is 6.42 Å². The molecule has 1 fully saturated rings. The van der Waals surface area contributed by atoms with Crippen molar-refractivity contribution in [3.8, 4) is 0 Å². The summed E-state index contributed by atoms with van der Waals surface area (Å²) in [5, 5.41) is 7.10. The molecule has 0 amide bonds. The first-order valence-electron chi connectivity index (χ1n) is 5.68. The molecule has 0 radical (unpaired) electrons. The van der Waals surface area contributed by atoms with E-state index in [9.17, 15) is 0 Å². The van der Waals surface area contributed by atoms with E-state index in [-0.39, 0.29) is 5.84 Å². The molecule has 3 N–H and O–H groups in total. The van der Waals surface area contributed by atoms with Crippen LogP contribution >= 0.6 is 0 Å². The molecule has 1 aliphatic carbocycles. The van der Waals surface area contributed by atoms with E-state index in [0.29, 0.717) is 19.1 Å². The van der Waals surface area contributed by atoms with Gasteiger partial charge >= 0.3 is 0 Å². The van der Waals surface area contributed by atoms with Crippen LogP contribution in [0, 0.1) is 11.3 Å². The lowest BCUT2D eigenvalue weighted by atomic mass is 9.85. The first-order valence-corrected chi connectivity index (χ1v) is 5.68. The SMILES string of the molecule is CCC1CCCCC1OCCC(=N)N. The highest BCUT2D eigenvalue weighted by atomic mass is 16.5. The summed E-state index contributed by atoms with van der Waals surface area (Å²) in [7, 11) is 0. The van der Waals surface area contributed by atoms with Crippen LogP contribution < -0.4 is 5.73 Å². The van der Waals surface area contributed by atoms with Gasteiger partial charge in [-0.25, -0.2) is 0 Å². The van der Waals surface area contributed by atoms with E-state index in [1.807, 2.05) is 0 Å². The molecular weight excluding hydrogens is 176 g/mol. The molecule has 3 heteroatoms. The molecule has 0 aromatic heterocycles. The Labute approximate surface area is 86.5 Å². The van der Waals surface area contributed by atoms with Gasteiger partial charge in [0.25, 0.3) is 0 Å². The van der Waals surface area contributed by atoms with E-state index in [1.165, 1.54) is 32.1 Å². The molecule has 2 unspecified atom stereocenters. The van der Waals surface area contributed by atoms with Crippen molar-refractivity contribution in [3.05, 3.63) is 0 Å². The molecule has 0 heterocycles. The van der Waals surface area contributed by atoms with E-state index in [4.69, 9.17) is 15.9 Å². The zero-order valence-corrected chi connectivity index (χ0v) is 9.09. The highest BCUT2D eigenvalue weighted by Crippen LogP contribution is 2.29. The van der Waals surface area contributed by atoms with Gasteiger partial charge in [-0.05, 0) is 18.8 Å². The van der Waals surface area contributed by atoms with E-state index in [1.54, 1.807) is 0 Å². The third kappa shape index (κ3) is 3.66. The van der Waals surface area contributed by atoms with Crippen LogP contribution in [0.2, 0.25) is 0 Å². The second kappa shape index (κ2) is 6.02. The smallest absolute Gasteiger partial charge is 0.0928 e. The van der Waals surface area contributed by atoms with Gasteiger partial charge in [-0.3, -0.25) is 5.41 Å². The summed E-state index contributed by atoms with van der Waals surface area (Å²) in [6.45, 7) is 2.85. The van der Waals surface area contributed by atoms with Crippen LogP contribution in [0.25, 0.3) is 0 Å². The third-order valence-corrected chi connectivity index (χ3v) is 3.07. The maximum Gasteiger partial charge on any atom is 0.0928 e. The first kappa shape index (κ1) is 11.5. The lowest BCUT2D eigenvalue weighted by Gasteiger charge is -2.30. The number of hydrogen-bond donors (Lipinski definition) is 2. The van der Waals surface area contributed by atoms with Crippen molar-refractivity contribution in [1.29, 1.82) is 5.41 Å². The minimum atomic E-state index is 0.230. The second-order valence-corrected chi connectivity index (χ2v) is 4.14. The predicted octanol–water partition coefficient (Wildman–Crippen LogP) is 2.30. The van der Waals surface area contributed by atoms with Gasteiger partial charge in [0.2, 0.25) is 0 Å². The Bertz CT molecular complexity index is 182. The molecule has 0 spiro atoms. The fourth-order valence-corrected chi connectivity index (χ4v) is 2.18. The van der Waals surface area contributed by atoms with Gasteiger partial charge in [0.15, 0.2) is 0 Å². The van der Waals surface area contributed by atoms with Gasteiger partial charge in [0.05, 0.1) is 18.5 Å². The minimum Gasteiger partial charge on any atom is -0.388 e. The summed E-state index contributed by atoms with van der Waals surface area (Å²) in [5.41, 5.74) is 5.28. The Kier molecular flexibility index (Phi) is 4.94. The van der Waals surface area contributed by atoms with Crippen molar-refractivity contribution in [2.75, 3.05) is 6.61 Å². The van der Waals surface area contributed by atoms with Crippen molar-refractivity contribution in [2.45, 2.75) is 51.6 Å². The summed E-state index contributed by atoms with van der Waals surface area (Å²) >= 11 is 0. The Morgan fingerprint density at radius 3 is 2.79 bits per heavy atom. The molecule has 0 aromatic carbocycles. The molecule has 82 valence electrons. The van der Waals surface area contributed by atoms with Gasteiger partial charge in [-0.15, -0.1) is 0 Å². The largest absolute Gasteiger partial charge is 0.388 e. The Hall–Kier alpha value is -0.570. The normalized spacial score (nSPS) is 27.5. The zero-order valence-electron chi connectivity index (χ0n) is 9.09. The maximum atomic E-state index is 7.10. The van der Waals surface area contributed by atoms with Crippen LogP contribution in [0.15, 0.2) is 0 Å². The van der Waals surface area contributed by atoms with E-state index >= 15 is 0 Å². The average molecular weight is 198 g/mol. The summed E-state index contributed by atoms with van der Waals surface area (Å²) < 4.78 is 5.78. The van der Waals surface area contributed by atoms with Crippen LogP contribution in [0.5, 0.6) is 0 Å². The fraction of sp³-hybridized carbons (Fsp3) is 0.909. The molecule has 3 nitrogen and oxygen atoms in total. The molecule has 0 saturated heterocycles. The number of hydrogen-bond acceptors (Lipinski definition) is 2. The van der Waals surface area contributed by atoms with Crippen molar-refractivity contribution in [3.63, 3.8) is 0 Å². The van der Waals surface area contributed by atoms with Crippen LogP contribution in [0.3, 0.4) is 0 Å². The van der Waals surface area contributed by atoms with Crippen molar-refractivity contribution < 1.29 is 4.74 Å². The van der Waals surface area contributed by atoms with E-state index in [0.717, 1.165) is 5.92 Å². The number of nitrogens with two attached hydrogens (primary N) is 1. The quantitative estimate of drug-likeness (QED) is 0.526. The second-order valence-electron chi connectivity index (χ2n) is 4.14. The van der Waals surface area contributed by atoms with Gasteiger partial charge in [-0.2, -0.15) is 0 Å². The van der Waals surface area contributed by atoms with Crippen molar-refractivity contribution in [1.82, 2.24) is 0 Å². The minimum absolute atomic E-state index is 0.230. The predicted molar refractivity (Wildman–Crippen MR) is 58.5 cm³/mol. The van der Waals surface area contributed by atoms with Crippen LogP contribution in [-0.4, -0.2) is 18.5 Å². The topological polar surface area (TPSA) is 59.1 Å². The van der Waals surface area contributed by atoms with Gasteiger partial charge < -0.3 is 10.5 Å². The summed E-state index contributed by atoms with van der Waals surface area (Å²) in [6.07, 6.45) is 7.36. The zero-order chi connectivity index (χ0) is 10.4. The molecule has 2 atom stereocenters. The molecule has 0 aromatic rings. The Morgan fingerprint density at radius 1 is 1.43 bits per heavy atom. The average Bonchev–Trinajstić information content (AvgIpc) is 2.18. The van der Waals surface area contributed by atoms with E-state index < -0.39 is 0 Å². The first-order chi connectivity index (χ1) is 6.74. The third-order valence-electron chi connectivity index (χ3n) is 3.07. The van der Waals surface area contributed by atoms with Crippen LogP contribution in [0.4, 0.5) is 0 Å². The van der Waals surface area contributed by atoms with Crippen molar-refractivity contribution >= 4 is 5.84 Å². The number of ether oxygens (including phenoxy) is 1. The standard InChI is InChI=1S/C11H22N2O/c1-2-9-5-3-4-6-10(9)14-8-7-11(12)13/h9-10H,2-8H2,1H3,(H3,12,13). The Balaban J connectivity index is 2.22. The molecule has 0 bridgehead atoms. The van der Waals surface area contributed by atoms with Crippen LogP contribution in [0.1, 0.15) is 45.4 Å². The monoisotopic (exact) mass is 198 g/mol. The van der Waals surface area contributed by atoms with Crippen LogP contribution in [-0.2, 0) is 4.74 Å². The lowest BCUT2D eigenvalue weighted by molar-refractivity contribution is -0.00863. The molecule has 1 aliphatic rings. The maximum absolute atomic E-state index is 7.10. The summed E-state index contributed by atoms with van der Waals surface area (Å²) in [6, 6.07) is 0. The molecule has 1 rings (SSSR count). The highest BCUT2D eigenvalue weighted by Gasteiger charge is 2.23. The Morgan fingerprint density at radius 2 is 2.14 bits per heavy atom. The fourth-order valence-electron chi connectivity index (χ4n) is 2.18. The summed E-state index contributed by atoms with van der Waals surface area (Å²) in [4.78, 5) is 0. The molecular formula is C11H22N2O. The molecule has 0 aliphatic heterocycles. The number of nitrogens with one attached hydrogen (secondary N) is 1. The van der Waals surface area contributed by atoms with Gasteiger partial charge in [0.1, 0.15) is 0 Å². The van der Waals surface area contributed by atoms with Crippen molar-refractivity contribution in [2.24, 2.45) is 11.7 Å². The van der Waals surface area contributed by atoms with Gasteiger partial charge in [-0.1, -0.05) is 26.2 Å².